The molecule has 0 atom stereocenters. The fraction of sp³-hybridized carbons (Fsp3) is 0.333. The second kappa shape index (κ2) is 6.78. The normalized spacial score (nSPS) is 13.0. The Balaban J connectivity index is 1.74. The molecule has 3 amide bonds. The number of hydrogen-bond donors (Lipinski definition) is 2. The monoisotopic (exact) mass is 327 g/mol. The molecule has 0 spiro atoms. The first kappa shape index (κ1) is 16.1. The number of nitrogens with one attached hydrogen (secondary N) is 2. The van der Waals surface area contributed by atoms with Crippen LogP contribution in [0.15, 0.2) is 41.0 Å². The molecule has 0 bridgehead atoms. The molecule has 6 nitrogen and oxygen atoms in total. The zero-order chi connectivity index (χ0) is 17.1. The largest absolute Gasteiger partial charge is 0.459 e. The van der Waals surface area contributed by atoms with E-state index in [1.54, 1.807) is 17.0 Å². The molecule has 0 radical (unpaired) electrons. The van der Waals surface area contributed by atoms with Gasteiger partial charge in [-0.2, -0.15) is 0 Å². The number of nitrogens with zero attached hydrogens (tertiary/aromatic N) is 1. The molecule has 3 rings (SSSR count). The summed E-state index contributed by atoms with van der Waals surface area (Å²) in [4.78, 5) is 26.1. The molecule has 1 aromatic heterocycles. The van der Waals surface area contributed by atoms with Crippen LogP contribution in [0.25, 0.3) is 0 Å². The van der Waals surface area contributed by atoms with Gasteiger partial charge in [0.25, 0.3) is 5.91 Å². The van der Waals surface area contributed by atoms with E-state index in [2.05, 4.69) is 10.6 Å². The van der Waals surface area contributed by atoms with Crippen LogP contribution in [-0.4, -0.2) is 25.0 Å². The zero-order valence-corrected chi connectivity index (χ0v) is 13.8. The number of carbonyl (C=O) groups is 2. The third-order valence-corrected chi connectivity index (χ3v) is 3.89. The average Bonchev–Trinajstić information content (AvgIpc) is 3.21. The van der Waals surface area contributed by atoms with Gasteiger partial charge in [0.2, 0.25) is 0 Å². The highest BCUT2D eigenvalue weighted by Gasteiger charge is 2.27. The predicted molar refractivity (Wildman–Crippen MR) is 92.4 cm³/mol. The second-order valence-corrected chi connectivity index (χ2v) is 6.26. The summed E-state index contributed by atoms with van der Waals surface area (Å²) in [6.45, 7) is 5.29. The molecule has 0 fully saturated rings. The van der Waals surface area contributed by atoms with Crippen molar-refractivity contribution in [3.8, 4) is 0 Å². The highest BCUT2D eigenvalue weighted by Crippen LogP contribution is 2.32. The van der Waals surface area contributed by atoms with E-state index in [-0.39, 0.29) is 11.9 Å². The number of anilines is 2. The van der Waals surface area contributed by atoms with Gasteiger partial charge in [0, 0.05) is 24.5 Å². The third-order valence-electron chi connectivity index (χ3n) is 3.89. The molecule has 0 aliphatic carbocycles. The van der Waals surface area contributed by atoms with Gasteiger partial charge in [-0.05, 0) is 42.2 Å². The fourth-order valence-electron chi connectivity index (χ4n) is 2.67. The standard InChI is InChI=1S/C18H21N3O3/c1-12(2)11-19-18(23)20-14-6-5-13-7-8-21(15(13)10-14)17(22)16-4-3-9-24-16/h3-6,9-10,12H,7-8,11H2,1-2H3,(H2,19,20,23). The number of fused-ring (bicyclic) bond motifs is 1. The summed E-state index contributed by atoms with van der Waals surface area (Å²) in [7, 11) is 0. The Morgan fingerprint density at radius 2 is 2.12 bits per heavy atom. The first-order chi connectivity index (χ1) is 11.5. The van der Waals surface area contributed by atoms with Crippen LogP contribution in [-0.2, 0) is 6.42 Å². The average molecular weight is 327 g/mol. The van der Waals surface area contributed by atoms with Crippen molar-refractivity contribution in [3.05, 3.63) is 47.9 Å². The minimum absolute atomic E-state index is 0.167. The van der Waals surface area contributed by atoms with Crippen molar-refractivity contribution in [1.82, 2.24) is 5.32 Å². The lowest BCUT2D eigenvalue weighted by Gasteiger charge is -2.17. The maximum atomic E-state index is 12.5. The minimum Gasteiger partial charge on any atom is -0.459 e. The highest BCUT2D eigenvalue weighted by molar-refractivity contribution is 6.06. The van der Waals surface area contributed by atoms with Crippen LogP contribution in [0.4, 0.5) is 16.2 Å². The van der Waals surface area contributed by atoms with E-state index < -0.39 is 0 Å². The van der Waals surface area contributed by atoms with Gasteiger partial charge in [-0.1, -0.05) is 19.9 Å². The predicted octanol–water partition coefficient (Wildman–Crippen LogP) is 3.26. The van der Waals surface area contributed by atoms with Crippen LogP contribution in [0.5, 0.6) is 0 Å². The Kier molecular flexibility index (Phi) is 4.55. The van der Waals surface area contributed by atoms with Crippen molar-refractivity contribution in [2.45, 2.75) is 20.3 Å². The Hall–Kier alpha value is -2.76. The number of amides is 3. The molecular weight excluding hydrogens is 306 g/mol. The van der Waals surface area contributed by atoms with E-state index in [0.717, 1.165) is 17.7 Å². The SMILES string of the molecule is CC(C)CNC(=O)Nc1ccc2c(c1)N(C(=O)c1ccco1)CC2. The van der Waals surface area contributed by atoms with Crippen LogP contribution < -0.4 is 15.5 Å². The fourth-order valence-corrected chi connectivity index (χ4v) is 2.67. The Labute approximate surface area is 140 Å². The third kappa shape index (κ3) is 3.42. The molecule has 126 valence electrons. The first-order valence-corrected chi connectivity index (χ1v) is 8.07. The maximum Gasteiger partial charge on any atom is 0.319 e. The molecule has 2 aromatic rings. The molecular formula is C18H21N3O3. The summed E-state index contributed by atoms with van der Waals surface area (Å²) in [6, 6.07) is 8.74. The number of urea groups is 1. The number of rotatable bonds is 4. The second-order valence-electron chi connectivity index (χ2n) is 6.26. The van der Waals surface area contributed by atoms with E-state index in [0.29, 0.717) is 30.5 Å². The van der Waals surface area contributed by atoms with Crippen LogP contribution in [0.2, 0.25) is 0 Å². The molecule has 1 aliphatic rings. The van der Waals surface area contributed by atoms with Crippen LogP contribution >= 0.6 is 0 Å². The Bertz CT molecular complexity index is 738. The lowest BCUT2D eigenvalue weighted by Crippen LogP contribution is -2.32. The van der Waals surface area contributed by atoms with E-state index in [1.165, 1.54) is 6.26 Å². The van der Waals surface area contributed by atoms with Gasteiger partial charge >= 0.3 is 6.03 Å². The van der Waals surface area contributed by atoms with Gasteiger partial charge in [0.1, 0.15) is 0 Å². The Morgan fingerprint density at radius 1 is 1.29 bits per heavy atom. The summed E-state index contributed by atoms with van der Waals surface area (Å²) in [5, 5.41) is 5.62. The molecule has 1 aliphatic heterocycles. The molecule has 0 unspecified atom stereocenters. The topological polar surface area (TPSA) is 74.6 Å². The molecule has 2 N–H and O–H groups in total. The molecule has 1 aromatic carbocycles. The van der Waals surface area contributed by atoms with Crippen molar-refractivity contribution in [2.75, 3.05) is 23.3 Å². The summed E-state index contributed by atoms with van der Waals surface area (Å²) >= 11 is 0. The van der Waals surface area contributed by atoms with Crippen LogP contribution in [0.1, 0.15) is 30.0 Å². The van der Waals surface area contributed by atoms with Crippen LogP contribution in [0, 0.1) is 5.92 Å². The van der Waals surface area contributed by atoms with Crippen molar-refractivity contribution >= 4 is 23.3 Å². The van der Waals surface area contributed by atoms with Gasteiger partial charge in [-0.3, -0.25) is 4.79 Å². The molecule has 6 heteroatoms. The minimum atomic E-state index is -0.245. The first-order valence-electron chi connectivity index (χ1n) is 8.07. The van der Waals surface area contributed by atoms with Crippen molar-refractivity contribution in [2.24, 2.45) is 5.92 Å². The van der Waals surface area contributed by atoms with Gasteiger partial charge in [0.15, 0.2) is 5.76 Å². The van der Waals surface area contributed by atoms with Crippen LogP contribution in [0.3, 0.4) is 0 Å². The summed E-state index contributed by atoms with van der Waals surface area (Å²) in [5.41, 5.74) is 2.57. The lowest BCUT2D eigenvalue weighted by atomic mass is 10.1. The smallest absolute Gasteiger partial charge is 0.319 e. The molecule has 2 heterocycles. The lowest BCUT2D eigenvalue weighted by molar-refractivity contribution is 0.0963. The van der Waals surface area contributed by atoms with Crippen molar-refractivity contribution in [3.63, 3.8) is 0 Å². The Morgan fingerprint density at radius 3 is 2.83 bits per heavy atom. The zero-order valence-electron chi connectivity index (χ0n) is 13.8. The number of benzene rings is 1. The highest BCUT2D eigenvalue weighted by atomic mass is 16.3. The molecule has 24 heavy (non-hydrogen) atoms. The van der Waals surface area contributed by atoms with Gasteiger partial charge in [-0.15, -0.1) is 0 Å². The summed E-state index contributed by atoms with van der Waals surface area (Å²) < 4.78 is 5.20. The van der Waals surface area contributed by atoms with E-state index in [4.69, 9.17) is 4.42 Å². The molecule has 0 saturated carbocycles. The maximum absolute atomic E-state index is 12.5. The number of hydrogen-bond acceptors (Lipinski definition) is 3. The van der Waals surface area contributed by atoms with Gasteiger partial charge in [0.05, 0.1) is 6.26 Å². The van der Waals surface area contributed by atoms with E-state index in [1.807, 2.05) is 32.0 Å². The van der Waals surface area contributed by atoms with E-state index in [9.17, 15) is 9.59 Å². The quantitative estimate of drug-likeness (QED) is 0.905. The number of carbonyl (C=O) groups excluding carboxylic acids is 2. The van der Waals surface area contributed by atoms with Crippen molar-refractivity contribution in [1.29, 1.82) is 0 Å². The van der Waals surface area contributed by atoms with E-state index >= 15 is 0 Å². The number of furan rings is 1. The van der Waals surface area contributed by atoms with Gasteiger partial charge in [-0.25, -0.2) is 4.79 Å². The van der Waals surface area contributed by atoms with Gasteiger partial charge < -0.3 is 20.0 Å². The summed E-state index contributed by atoms with van der Waals surface area (Å²) in [5.74, 6) is 0.535. The summed E-state index contributed by atoms with van der Waals surface area (Å²) in [6.07, 6.45) is 2.28. The molecule has 0 saturated heterocycles. The van der Waals surface area contributed by atoms with Crippen molar-refractivity contribution < 1.29 is 14.0 Å².